The molecule has 0 aliphatic rings. The molecule has 6 heteroatoms. The Morgan fingerprint density at radius 2 is 1.43 bits per heavy atom. The van der Waals surface area contributed by atoms with Gasteiger partial charge in [0.25, 0.3) is 5.91 Å². The quantitative estimate of drug-likeness (QED) is 0.109. The molecule has 1 amide bonds. The Labute approximate surface area is 277 Å². The van der Waals surface area contributed by atoms with Crippen molar-refractivity contribution in [2.24, 2.45) is 17.4 Å². The summed E-state index contributed by atoms with van der Waals surface area (Å²) in [7, 11) is 0. The number of amides is 1. The summed E-state index contributed by atoms with van der Waals surface area (Å²) in [6.45, 7) is 0.804. The first-order chi connectivity index (χ1) is 22.9. The van der Waals surface area contributed by atoms with Crippen molar-refractivity contribution in [2.75, 3.05) is 19.6 Å². The molecule has 0 aliphatic carbocycles. The van der Waals surface area contributed by atoms with E-state index in [-0.39, 0.29) is 42.9 Å². The van der Waals surface area contributed by atoms with Crippen molar-refractivity contribution in [1.82, 2.24) is 4.90 Å². The number of carbonyl (C=O) groups excluding carboxylic acids is 3. The predicted octanol–water partition coefficient (Wildman–Crippen LogP) is 6.91. The van der Waals surface area contributed by atoms with Gasteiger partial charge in [0.05, 0.1) is 12.6 Å². The first-order valence-corrected chi connectivity index (χ1v) is 16.7. The Hall–Kier alpha value is -4.65. The summed E-state index contributed by atoms with van der Waals surface area (Å²) in [5.74, 6) is -0.466. The number of benzene rings is 5. The Kier molecular flexibility index (Phi) is 12.0. The van der Waals surface area contributed by atoms with Crippen LogP contribution >= 0.6 is 0 Å². The lowest BCUT2D eigenvalue weighted by Crippen LogP contribution is -2.41. The molecule has 47 heavy (non-hydrogen) atoms. The normalized spacial score (nSPS) is 12.6. The molecule has 242 valence electrons. The summed E-state index contributed by atoms with van der Waals surface area (Å²) in [6.07, 6.45) is 3.91. The van der Waals surface area contributed by atoms with E-state index in [4.69, 9.17) is 11.5 Å². The molecular formula is C41H45N3O3. The molecule has 0 saturated carbocycles. The molecule has 2 atom stereocenters. The first kappa shape index (κ1) is 33.7. The summed E-state index contributed by atoms with van der Waals surface area (Å²) in [4.78, 5) is 42.9. The summed E-state index contributed by atoms with van der Waals surface area (Å²) >= 11 is 0. The molecule has 0 bridgehead atoms. The van der Waals surface area contributed by atoms with Gasteiger partial charge >= 0.3 is 0 Å². The average molecular weight is 628 g/mol. The van der Waals surface area contributed by atoms with Crippen LogP contribution in [0.3, 0.4) is 0 Å². The minimum Gasteiger partial charge on any atom is -0.331 e. The monoisotopic (exact) mass is 627 g/mol. The highest BCUT2D eigenvalue weighted by molar-refractivity contribution is 6.00. The fourth-order valence-corrected chi connectivity index (χ4v) is 6.37. The average Bonchev–Trinajstić information content (AvgIpc) is 3.10. The summed E-state index contributed by atoms with van der Waals surface area (Å²) in [6, 6.07) is 37.3. The zero-order valence-corrected chi connectivity index (χ0v) is 27.0. The summed E-state index contributed by atoms with van der Waals surface area (Å²) < 4.78 is 0. The number of nitrogens with zero attached hydrogens (tertiary/aromatic N) is 1. The van der Waals surface area contributed by atoms with Crippen molar-refractivity contribution in [3.63, 3.8) is 0 Å². The molecule has 0 fully saturated rings. The van der Waals surface area contributed by atoms with E-state index in [1.807, 2.05) is 91.0 Å². The molecule has 0 spiro atoms. The lowest BCUT2D eigenvalue weighted by molar-refractivity contribution is -0.121. The Morgan fingerprint density at radius 3 is 2.21 bits per heavy atom. The smallest absolute Gasteiger partial charge is 0.254 e. The molecule has 5 aromatic rings. The van der Waals surface area contributed by atoms with Crippen LogP contribution in [0, 0.1) is 5.92 Å². The number of hydrogen-bond acceptors (Lipinski definition) is 5. The summed E-state index contributed by atoms with van der Waals surface area (Å²) in [5.41, 5.74) is 14.7. The van der Waals surface area contributed by atoms with E-state index in [9.17, 15) is 14.4 Å². The Morgan fingerprint density at radius 1 is 0.723 bits per heavy atom. The topological polar surface area (TPSA) is 106 Å². The second-order valence-corrected chi connectivity index (χ2v) is 12.5. The van der Waals surface area contributed by atoms with E-state index in [1.54, 1.807) is 4.90 Å². The van der Waals surface area contributed by atoms with Crippen molar-refractivity contribution < 1.29 is 14.4 Å². The second-order valence-electron chi connectivity index (χ2n) is 12.5. The minimum atomic E-state index is -0.577. The van der Waals surface area contributed by atoms with Crippen molar-refractivity contribution in [3.05, 3.63) is 132 Å². The third-order valence-corrected chi connectivity index (χ3v) is 8.92. The standard InChI is InChI=1S/C41H45N3O3/c42-24-9-8-19-39(43)40(46)26-31(25-30-11-2-1-3-12-30)28-44(41(47)36-21-20-32-13-4-5-15-35(32)27-36)29-37(45)23-22-34-17-10-16-33-14-6-7-18-38(33)34/h1-7,10-18,20-21,27,31,39H,8-9,19,22-26,28-29,42-43H2/t31-,39+/m1/s1. The highest BCUT2D eigenvalue weighted by Crippen LogP contribution is 2.23. The van der Waals surface area contributed by atoms with Crippen LogP contribution in [0.15, 0.2) is 115 Å². The molecule has 0 radical (unpaired) electrons. The van der Waals surface area contributed by atoms with E-state index in [0.717, 1.165) is 45.5 Å². The lowest BCUT2D eigenvalue weighted by Gasteiger charge is -2.28. The molecule has 0 aliphatic heterocycles. The van der Waals surface area contributed by atoms with Gasteiger partial charge in [0, 0.05) is 24.9 Å². The number of fused-ring (bicyclic) bond motifs is 2. The van der Waals surface area contributed by atoms with Gasteiger partial charge in [0.15, 0.2) is 5.78 Å². The molecule has 0 unspecified atom stereocenters. The van der Waals surface area contributed by atoms with Gasteiger partial charge in [-0.2, -0.15) is 0 Å². The van der Waals surface area contributed by atoms with Gasteiger partial charge in [-0.05, 0) is 83.0 Å². The minimum absolute atomic E-state index is 0.0182. The van der Waals surface area contributed by atoms with Crippen LogP contribution in [0.5, 0.6) is 0 Å². The van der Waals surface area contributed by atoms with Crippen LogP contribution in [-0.2, 0) is 22.4 Å². The SMILES string of the molecule is NCCCC[C@H](N)C(=O)C[C@@H](Cc1ccccc1)CN(CC(=O)CCc1cccc2ccccc12)C(=O)c1ccc2ccccc2c1. The highest BCUT2D eigenvalue weighted by atomic mass is 16.2. The Bertz CT molecular complexity index is 1800. The number of unbranched alkanes of at least 4 members (excludes halogenated alkanes) is 1. The van der Waals surface area contributed by atoms with Crippen molar-refractivity contribution in [1.29, 1.82) is 0 Å². The van der Waals surface area contributed by atoms with Gasteiger partial charge in [-0.15, -0.1) is 0 Å². The zero-order valence-electron chi connectivity index (χ0n) is 27.0. The van der Waals surface area contributed by atoms with E-state index in [2.05, 4.69) is 24.3 Å². The number of ketones is 2. The van der Waals surface area contributed by atoms with Gasteiger partial charge in [0.2, 0.25) is 0 Å². The third kappa shape index (κ3) is 9.44. The number of nitrogens with two attached hydrogens (primary N) is 2. The van der Waals surface area contributed by atoms with Gasteiger partial charge in [-0.25, -0.2) is 0 Å². The maximum Gasteiger partial charge on any atom is 0.254 e. The third-order valence-electron chi connectivity index (χ3n) is 8.92. The zero-order chi connectivity index (χ0) is 33.0. The first-order valence-electron chi connectivity index (χ1n) is 16.7. The van der Waals surface area contributed by atoms with Crippen LogP contribution < -0.4 is 11.5 Å². The van der Waals surface area contributed by atoms with Gasteiger partial charge in [0.1, 0.15) is 5.78 Å². The number of Topliss-reactive ketones (excluding diaryl/α,β-unsaturated/α-hetero) is 2. The van der Waals surface area contributed by atoms with Gasteiger partial charge < -0.3 is 16.4 Å². The van der Waals surface area contributed by atoms with E-state index in [0.29, 0.717) is 37.8 Å². The van der Waals surface area contributed by atoms with Crippen molar-refractivity contribution in [3.8, 4) is 0 Å². The maximum absolute atomic E-state index is 14.2. The van der Waals surface area contributed by atoms with Crippen LogP contribution in [0.25, 0.3) is 21.5 Å². The molecular weight excluding hydrogens is 582 g/mol. The molecule has 0 saturated heterocycles. The molecule has 5 rings (SSSR count). The van der Waals surface area contributed by atoms with E-state index in [1.165, 1.54) is 0 Å². The van der Waals surface area contributed by atoms with Crippen LogP contribution in [-0.4, -0.2) is 48.0 Å². The van der Waals surface area contributed by atoms with E-state index >= 15 is 0 Å². The predicted molar refractivity (Wildman–Crippen MR) is 191 cm³/mol. The molecule has 0 heterocycles. The second kappa shape index (κ2) is 16.8. The van der Waals surface area contributed by atoms with Crippen molar-refractivity contribution in [2.45, 2.75) is 51.0 Å². The van der Waals surface area contributed by atoms with Gasteiger partial charge in [-0.1, -0.05) is 110 Å². The molecule has 0 aromatic heterocycles. The molecule has 5 aromatic carbocycles. The number of carbonyl (C=O) groups is 3. The fourth-order valence-electron chi connectivity index (χ4n) is 6.37. The molecule has 4 N–H and O–H groups in total. The van der Waals surface area contributed by atoms with Crippen LogP contribution in [0.4, 0.5) is 0 Å². The molecule has 6 nitrogen and oxygen atoms in total. The fraction of sp³-hybridized carbons (Fsp3) is 0.293. The van der Waals surface area contributed by atoms with Gasteiger partial charge in [-0.3, -0.25) is 14.4 Å². The maximum atomic E-state index is 14.2. The van der Waals surface area contributed by atoms with Crippen LogP contribution in [0.1, 0.15) is 53.6 Å². The highest BCUT2D eigenvalue weighted by Gasteiger charge is 2.26. The Balaban J connectivity index is 1.38. The van der Waals surface area contributed by atoms with Crippen LogP contribution in [0.2, 0.25) is 0 Å². The summed E-state index contributed by atoms with van der Waals surface area (Å²) in [5, 5.41) is 4.27. The van der Waals surface area contributed by atoms with Crippen molar-refractivity contribution >= 4 is 39.0 Å². The lowest BCUT2D eigenvalue weighted by atomic mass is 9.90. The largest absolute Gasteiger partial charge is 0.331 e. The number of aryl methyl sites for hydroxylation is 1. The van der Waals surface area contributed by atoms with E-state index < -0.39 is 6.04 Å². The number of hydrogen-bond donors (Lipinski definition) is 2. The number of rotatable bonds is 17.